The summed E-state index contributed by atoms with van der Waals surface area (Å²) in [6.45, 7) is 0. The van der Waals surface area contributed by atoms with Crippen molar-refractivity contribution in [1.29, 1.82) is 0 Å². The second-order valence-corrected chi connectivity index (χ2v) is 12.8. The standard InChI is InChI=1S/C42H58N2O2/c45-42-40(31-23-19-15-11-7-3-1-5-9-13-17-21-27-38-29-25-33-43-36-38)35-41(46-42)32-24-20-16-12-8-4-2-6-10-14-18-22-28-39-30-26-34-44-37-39/h25-26,29-30,33-37,41H,1-7,9-10,13-14,16-24,27-28,31-32H2. The minimum absolute atomic E-state index is 0.0490. The van der Waals surface area contributed by atoms with E-state index in [1.54, 1.807) is 0 Å². The van der Waals surface area contributed by atoms with Crippen molar-refractivity contribution < 1.29 is 9.53 Å². The highest BCUT2D eigenvalue weighted by Gasteiger charge is 2.24. The van der Waals surface area contributed by atoms with Crippen molar-refractivity contribution in [1.82, 2.24) is 9.97 Å². The molecule has 1 unspecified atom stereocenters. The first kappa shape index (κ1) is 37.1. The molecule has 1 atom stereocenters. The number of rotatable bonds is 24. The Balaban J connectivity index is 1.06. The number of carbonyl (C=O) groups excluding carboxylic acids is 1. The van der Waals surface area contributed by atoms with Gasteiger partial charge in [0.1, 0.15) is 6.10 Å². The van der Waals surface area contributed by atoms with Crippen LogP contribution in [0.1, 0.15) is 152 Å². The van der Waals surface area contributed by atoms with Crippen LogP contribution in [-0.2, 0) is 22.4 Å². The molecule has 0 radical (unpaired) electrons. The highest BCUT2D eigenvalue weighted by atomic mass is 16.5. The summed E-state index contributed by atoms with van der Waals surface area (Å²) < 4.78 is 5.58. The van der Waals surface area contributed by atoms with Crippen LogP contribution in [0.4, 0.5) is 0 Å². The maximum Gasteiger partial charge on any atom is 0.334 e. The van der Waals surface area contributed by atoms with Crippen LogP contribution in [0.3, 0.4) is 0 Å². The van der Waals surface area contributed by atoms with Crippen LogP contribution in [0.5, 0.6) is 0 Å². The van der Waals surface area contributed by atoms with Crippen molar-refractivity contribution in [3.05, 3.63) is 71.8 Å². The second-order valence-electron chi connectivity index (χ2n) is 12.8. The predicted molar refractivity (Wildman–Crippen MR) is 191 cm³/mol. The van der Waals surface area contributed by atoms with E-state index in [0.717, 1.165) is 76.2 Å². The molecule has 3 rings (SSSR count). The number of esters is 1. The lowest BCUT2D eigenvalue weighted by Crippen LogP contribution is -2.08. The number of aromatic nitrogens is 2. The molecule has 0 aliphatic carbocycles. The van der Waals surface area contributed by atoms with Crippen molar-refractivity contribution in [2.24, 2.45) is 0 Å². The van der Waals surface area contributed by atoms with Crippen LogP contribution in [0.2, 0.25) is 0 Å². The number of cyclic esters (lactones) is 1. The molecule has 0 aromatic carbocycles. The molecular weight excluding hydrogens is 564 g/mol. The number of hydrogen-bond donors (Lipinski definition) is 0. The number of nitrogens with zero attached hydrogens (tertiary/aromatic N) is 2. The molecule has 0 saturated carbocycles. The Hall–Kier alpha value is -3.37. The Kier molecular flexibility index (Phi) is 20.8. The fourth-order valence-electron chi connectivity index (χ4n) is 5.92. The van der Waals surface area contributed by atoms with E-state index in [-0.39, 0.29) is 12.1 Å². The van der Waals surface area contributed by atoms with Crippen LogP contribution in [0.15, 0.2) is 60.7 Å². The normalized spacial score (nSPS) is 13.8. The van der Waals surface area contributed by atoms with Crippen molar-refractivity contribution in [3.8, 4) is 23.7 Å². The molecule has 2 aromatic rings. The van der Waals surface area contributed by atoms with E-state index < -0.39 is 0 Å². The average Bonchev–Trinajstić information content (AvgIpc) is 3.44. The van der Waals surface area contributed by atoms with E-state index in [0.29, 0.717) is 0 Å². The van der Waals surface area contributed by atoms with Crippen molar-refractivity contribution >= 4 is 5.97 Å². The molecule has 1 aliphatic rings. The topological polar surface area (TPSA) is 52.1 Å². The average molecular weight is 623 g/mol. The van der Waals surface area contributed by atoms with E-state index in [2.05, 4.69) is 51.9 Å². The molecule has 0 fully saturated rings. The quantitative estimate of drug-likeness (QED) is 0.0664. The van der Waals surface area contributed by atoms with E-state index in [9.17, 15) is 4.79 Å². The van der Waals surface area contributed by atoms with Gasteiger partial charge in [-0.25, -0.2) is 4.79 Å². The number of aryl methyl sites for hydroxylation is 2. The van der Waals surface area contributed by atoms with Gasteiger partial charge in [-0.05, 0) is 100.0 Å². The lowest BCUT2D eigenvalue weighted by atomic mass is 10.0. The summed E-state index contributed by atoms with van der Waals surface area (Å²) in [6, 6.07) is 8.38. The molecule has 0 saturated heterocycles. The summed E-state index contributed by atoms with van der Waals surface area (Å²) >= 11 is 0. The molecule has 46 heavy (non-hydrogen) atoms. The number of ether oxygens (including phenoxy) is 1. The summed E-state index contributed by atoms with van der Waals surface area (Å²) in [5.41, 5.74) is 3.55. The smallest absolute Gasteiger partial charge is 0.334 e. The van der Waals surface area contributed by atoms with Crippen LogP contribution < -0.4 is 0 Å². The van der Waals surface area contributed by atoms with Crippen molar-refractivity contribution in [2.45, 2.75) is 160 Å². The zero-order valence-corrected chi connectivity index (χ0v) is 28.5. The molecule has 0 bridgehead atoms. The first-order valence-corrected chi connectivity index (χ1v) is 18.4. The molecule has 0 spiro atoms. The third-order valence-corrected chi connectivity index (χ3v) is 8.68. The van der Waals surface area contributed by atoms with Gasteiger partial charge < -0.3 is 4.74 Å². The Morgan fingerprint density at radius 2 is 1.00 bits per heavy atom. The van der Waals surface area contributed by atoms with Crippen LogP contribution in [0, 0.1) is 23.7 Å². The Morgan fingerprint density at radius 1 is 0.543 bits per heavy atom. The summed E-state index contributed by atoms with van der Waals surface area (Å²) in [5.74, 6) is 13.2. The zero-order valence-electron chi connectivity index (χ0n) is 28.5. The summed E-state index contributed by atoms with van der Waals surface area (Å²) in [6.07, 6.45) is 37.2. The molecule has 248 valence electrons. The van der Waals surface area contributed by atoms with E-state index in [1.165, 1.54) is 94.6 Å². The van der Waals surface area contributed by atoms with Gasteiger partial charge in [-0.15, -0.1) is 23.7 Å². The fraction of sp³-hybridized carbons (Fsp3) is 0.595. The number of pyridine rings is 2. The molecule has 4 heteroatoms. The van der Waals surface area contributed by atoms with Gasteiger partial charge in [-0.2, -0.15) is 0 Å². The van der Waals surface area contributed by atoms with Gasteiger partial charge in [0.05, 0.1) is 0 Å². The third kappa shape index (κ3) is 18.6. The lowest BCUT2D eigenvalue weighted by molar-refractivity contribution is -0.140. The maximum atomic E-state index is 12.2. The van der Waals surface area contributed by atoms with E-state index in [1.807, 2.05) is 36.9 Å². The molecule has 3 heterocycles. The van der Waals surface area contributed by atoms with Gasteiger partial charge in [-0.1, -0.05) is 69.9 Å². The first-order chi connectivity index (χ1) is 22.8. The monoisotopic (exact) mass is 622 g/mol. The van der Waals surface area contributed by atoms with Crippen LogP contribution in [0.25, 0.3) is 0 Å². The zero-order chi connectivity index (χ0) is 32.2. The molecule has 0 N–H and O–H groups in total. The Bertz CT molecular complexity index is 1220. The number of hydrogen-bond acceptors (Lipinski definition) is 4. The lowest BCUT2D eigenvalue weighted by Gasteiger charge is -2.06. The van der Waals surface area contributed by atoms with Crippen LogP contribution in [-0.4, -0.2) is 22.0 Å². The molecule has 4 nitrogen and oxygen atoms in total. The SMILES string of the molecule is O=C1OC(CCCCC#CCCCCCCCCc2cccnc2)C=C1CCCC#CCCCCCCCCCc1cccnc1. The minimum atomic E-state index is -0.122. The predicted octanol–water partition coefficient (Wildman–Crippen LogP) is 10.7. The molecule has 1 aliphatic heterocycles. The van der Waals surface area contributed by atoms with Crippen LogP contribution >= 0.6 is 0 Å². The Labute approximate surface area is 280 Å². The summed E-state index contributed by atoms with van der Waals surface area (Å²) in [4.78, 5) is 20.6. The molecule has 0 amide bonds. The van der Waals surface area contributed by atoms with Crippen molar-refractivity contribution in [3.63, 3.8) is 0 Å². The van der Waals surface area contributed by atoms with E-state index in [4.69, 9.17) is 4.74 Å². The summed E-state index contributed by atoms with van der Waals surface area (Å²) in [5, 5.41) is 0. The Morgan fingerprint density at radius 3 is 1.50 bits per heavy atom. The highest BCUT2D eigenvalue weighted by molar-refractivity contribution is 5.90. The minimum Gasteiger partial charge on any atom is -0.455 e. The first-order valence-electron chi connectivity index (χ1n) is 18.4. The van der Waals surface area contributed by atoms with Gasteiger partial charge in [0.15, 0.2) is 0 Å². The summed E-state index contributed by atoms with van der Waals surface area (Å²) in [7, 11) is 0. The largest absolute Gasteiger partial charge is 0.455 e. The van der Waals surface area contributed by atoms with Gasteiger partial charge in [0.25, 0.3) is 0 Å². The number of unbranched alkanes of at least 4 members (excludes halogenated alkanes) is 16. The highest BCUT2D eigenvalue weighted by Crippen LogP contribution is 2.22. The van der Waals surface area contributed by atoms with Gasteiger partial charge in [-0.3, -0.25) is 9.97 Å². The molecule has 2 aromatic heterocycles. The van der Waals surface area contributed by atoms with E-state index >= 15 is 0 Å². The van der Waals surface area contributed by atoms with Gasteiger partial charge in [0, 0.05) is 56.0 Å². The van der Waals surface area contributed by atoms with Crippen molar-refractivity contribution in [2.75, 3.05) is 0 Å². The number of carbonyl (C=O) groups is 1. The van der Waals surface area contributed by atoms with Gasteiger partial charge in [0.2, 0.25) is 0 Å². The molecular formula is C42H58N2O2. The van der Waals surface area contributed by atoms with Gasteiger partial charge >= 0.3 is 5.97 Å². The third-order valence-electron chi connectivity index (χ3n) is 8.68. The maximum absolute atomic E-state index is 12.2. The second kappa shape index (κ2) is 25.8. The fourth-order valence-corrected chi connectivity index (χ4v) is 5.92.